The van der Waals surface area contributed by atoms with E-state index in [1.54, 1.807) is 17.5 Å². The van der Waals surface area contributed by atoms with Gasteiger partial charge in [-0.1, -0.05) is 17.7 Å². The lowest BCUT2D eigenvalue weighted by atomic mass is 10.1. The fourth-order valence-corrected chi connectivity index (χ4v) is 5.54. The maximum absolute atomic E-state index is 12.3. The van der Waals surface area contributed by atoms with E-state index in [2.05, 4.69) is 16.2 Å². The molecule has 3 N–H and O–H groups in total. The number of sulfone groups is 1. The van der Waals surface area contributed by atoms with Gasteiger partial charge in [0, 0.05) is 12.0 Å². The molecule has 1 aliphatic heterocycles. The van der Waals surface area contributed by atoms with Crippen molar-refractivity contribution in [2.45, 2.75) is 12.8 Å². The zero-order valence-corrected chi connectivity index (χ0v) is 17.5. The molecule has 8 nitrogen and oxygen atoms in total. The van der Waals surface area contributed by atoms with Gasteiger partial charge in [-0.05, 0) is 42.0 Å². The zero-order valence-electron chi connectivity index (χ0n) is 15.1. The summed E-state index contributed by atoms with van der Waals surface area (Å²) in [7, 11) is -3.06. The lowest BCUT2D eigenvalue weighted by molar-refractivity contribution is -0.122. The van der Waals surface area contributed by atoms with Crippen LogP contribution >= 0.6 is 22.9 Å². The highest BCUT2D eigenvalue weighted by molar-refractivity contribution is 7.91. The fourth-order valence-electron chi connectivity index (χ4n) is 2.90. The number of carbonyl (C=O) groups excluding carboxylic acids is 3. The van der Waals surface area contributed by atoms with Gasteiger partial charge in [0.05, 0.1) is 27.1 Å². The molecule has 29 heavy (non-hydrogen) atoms. The number of benzene rings is 1. The first-order valence-corrected chi connectivity index (χ1v) is 11.8. The Labute approximate surface area is 176 Å². The summed E-state index contributed by atoms with van der Waals surface area (Å²) in [5.41, 5.74) is 5.00. The van der Waals surface area contributed by atoms with Gasteiger partial charge >= 0.3 is 0 Å². The van der Waals surface area contributed by atoms with Gasteiger partial charge in [-0.2, -0.15) is 0 Å². The molecule has 3 amide bonds. The molecular formula is C18H18ClN3O5S2. The normalized spacial score (nSPS) is 17.5. The molecule has 1 atom stereocenters. The van der Waals surface area contributed by atoms with E-state index in [-0.39, 0.29) is 46.0 Å². The second-order valence-corrected chi connectivity index (χ2v) is 10.2. The van der Waals surface area contributed by atoms with Gasteiger partial charge in [0.25, 0.3) is 11.8 Å². The number of halogens is 1. The third-order valence-corrected chi connectivity index (χ3v) is 7.37. The average Bonchev–Trinajstić information content (AvgIpc) is 3.31. The molecule has 0 bridgehead atoms. The number of nitrogens with one attached hydrogen (secondary N) is 3. The van der Waals surface area contributed by atoms with Crippen LogP contribution in [0, 0.1) is 5.92 Å². The van der Waals surface area contributed by atoms with E-state index in [9.17, 15) is 22.8 Å². The van der Waals surface area contributed by atoms with Crippen molar-refractivity contribution in [2.24, 2.45) is 5.92 Å². The van der Waals surface area contributed by atoms with Gasteiger partial charge in [0.15, 0.2) is 9.84 Å². The van der Waals surface area contributed by atoms with E-state index in [1.807, 2.05) is 0 Å². The van der Waals surface area contributed by atoms with Crippen molar-refractivity contribution in [1.29, 1.82) is 0 Å². The third kappa shape index (κ3) is 5.78. The van der Waals surface area contributed by atoms with Crippen molar-refractivity contribution in [3.63, 3.8) is 0 Å². The topological polar surface area (TPSA) is 121 Å². The van der Waals surface area contributed by atoms with E-state index in [1.165, 1.54) is 29.5 Å². The minimum atomic E-state index is -3.06. The molecule has 0 saturated carbocycles. The minimum Gasteiger partial charge on any atom is -0.320 e. The highest BCUT2D eigenvalue weighted by Gasteiger charge is 2.29. The summed E-state index contributed by atoms with van der Waals surface area (Å²) >= 11 is 7.36. The van der Waals surface area contributed by atoms with Gasteiger partial charge in [-0.15, -0.1) is 11.3 Å². The first-order valence-electron chi connectivity index (χ1n) is 8.67. The number of carbonyl (C=O) groups is 3. The van der Waals surface area contributed by atoms with Gasteiger partial charge in [-0.25, -0.2) is 8.42 Å². The fraction of sp³-hybridized carbons (Fsp3) is 0.278. The molecule has 1 saturated heterocycles. The summed E-state index contributed by atoms with van der Waals surface area (Å²) in [6.45, 7) is 0. The van der Waals surface area contributed by atoms with Crippen LogP contribution in [0.4, 0.5) is 5.69 Å². The molecule has 3 rings (SSSR count). The summed E-state index contributed by atoms with van der Waals surface area (Å²) in [5, 5.41) is 4.67. The van der Waals surface area contributed by atoms with Crippen molar-refractivity contribution in [3.05, 3.63) is 51.2 Å². The first-order chi connectivity index (χ1) is 13.7. The predicted molar refractivity (Wildman–Crippen MR) is 111 cm³/mol. The Morgan fingerprint density at radius 3 is 2.59 bits per heavy atom. The second-order valence-electron chi connectivity index (χ2n) is 6.60. The summed E-state index contributed by atoms with van der Waals surface area (Å²) in [6.07, 6.45) is 0.455. The highest BCUT2D eigenvalue weighted by atomic mass is 35.5. The molecule has 1 aromatic heterocycles. The third-order valence-electron chi connectivity index (χ3n) is 4.34. The summed E-state index contributed by atoms with van der Waals surface area (Å²) < 4.78 is 22.9. The Kier molecular flexibility index (Phi) is 6.56. The molecule has 0 aliphatic carbocycles. The number of amides is 3. The molecule has 2 aromatic rings. The second kappa shape index (κ2) is 8.93. The number of hydrogen-bond donors (Lipinski definition) is 3. The minimum absolute atomic E-state index is 0.0150. The van der Waals surface area contributed by atoms with Gasteiger partial charge in [-0.3, -0.25) is 25.2 Å². The molecule has 2 heterocycles. The Morgan fingerprint density at radius 2 is 1.93 bits per heavy atom. The lowest BCUT2D eigenvalue weighted by Crippen LogP contribution is -2.42. The van der Waals surface area contributed by atoms with Gasteiger partial charge in [0.1, 0.15) is 0 Å². The molecule has 1 fully saturated rings. The Balaban J connectivity index is 1.56. The molecular weight excluding hydrogens is 438 g/mol. The van der Waals surface area contributed by atoms with Crippen LogP contribution in [0.3, 0.4) is 0 Å². The monoisotopic (exact) mass is 455 g/mol. The van der Waals surface area contributed by atoms with E-state index in [0.29, 0.717) is 11.3 Å². The lowest BCUT2D eigenvalue weighted by Gasteiger charge is -2.11. The maximum atomic E-state index is 12.3. The molecule has 0 unspecified atom stereocenters. The number of hydrogen-bond acceptors (Lipinski definition) is 6. The number of rotatable bonds is 5. The van der Waals surface area contributed by atoms with Crippen LogP contribution in [-0.4, -0.2) is 37.6 Å². The van der Waals surface area contributed by atoms with E-state index < -0.39 is 21.7 Å². The van der Waals surface area contributed by atoms with Crippen molar-refractivity contribution in [1.82, 2.24) is 10.9 Å². The van der Waals surface area contributed by atoms with Crippen molar-refractivity contribution in [3.8, 4) is 0 Å². The Morgan fingerprint density at radius 1 is 1.14 bits per heavy atom. The van der Waals surface area contributed by atoms with Crippen LogP contribution in [0.1, 0.15) is 32.9 Å². The Bertz CT molecular complexity index is 1040. The molecule has 11 heteroatoms. The van der Waals surface area contributed by atoms with Crippen molar-refractivity contribution in [2.75, 3.05) is 16.8 Å². The van der Waals surface area contributed by atoms with Crippen LogP contribution in [0.5, 0.6) is 0 Å². The predicted octanol–water partition coefficient (Wildman–Crippen LogP) is 2.24. The highest BCUT2D eigenvalue weighted by Crippen LogP contribution is 2.24. The molecule has 154 valence electrons. The SMILES string of the molecule is O=C(C[C@@H]1CCS(=O)(=O)C1)NNC(=O)c1ccc(Cl)c(NC(=O)c2cccs2)c1. The molecule has 1 aromatic carbocycles. The smallest absolute Gasteiger partial charge is 0.269 e. The van der Waals surface area contributed by atoms with E-state index in [0.717, 1.165) is 0 Å². The summed E-state index contributed by atoms with van der Waals surface area (Å²) in [4.78, 5) is 36.9. The molecule has 0 radical (unpaired) electrons. The maximum Gasteiger partial charge on any atom is 0.269 e. The van der Waals surface area contributed by atoms with Gasteiger partial charge in [0.2, 0.25) is 5.91 Å². The van der Waals surface area contributed by atoms with Crippen LogP contribution in [0.15, 0.2) is 35.7 Å². The van der Waals surface area contributed by atoms with Crippen molar-refractivity contribution < 1.29 is 22.8 Å². The Hall–Kier alpha value is -2.43. The molecule has 1 aliphatic rings. The summed E-state index contributed by atoms with van der Waals surface area (Å²) in [6, 6.07) is 7.73. The van der Waals surface area contributed by atoms with Crippen LogP contribution < -0.4 is 16.2 Å². The van der Waals surface area contributed by atoms with E-state index in [4.69, 9.17) is 11.6 Å². The van der Waals surface area contributed by atoms with Crippen molar-refractivity contribution >= 4 is 56.2 Å². The average molecular weight is 456 g/mol. The molecule has 0 spiro atoms. The largest absolute Gasteiger partial charge is 0.320 e. The number of anilines is 1. The number of hydrazine groups is 1. The van der Waals surface area contributed by atoms with Crippen LogP contribution in [0.25, 0.3) is 0 Å². The van der Waals surface area contributed by atoms with E-state index >= 15 is 0 Å². The standard InChI is InChI=1S/C18H18ClN3O5S2/c19-13-4-3-12(9-14(13)20-18(25)15-2-1-6-28-15)17(24)22-21-16(23)8-11-5-7-29(26,27)10-11/h1-4,6,9,11H,5,7-8,10H2,(H,20,25)(H,21,23)(H,22,24)/t11-/m0/s1. The summed E-state index contributed by atoms with van der Waals surface area (Å²) in [5.74, 6) is -1.59. The first kappa shape index (κ1) is 21.3. The quantitative estimate of drug-likeness (QED) is 0.597. The van der Waals surface area contributed by atoms with Crippen LogP contribution in [-0.2, 0) is 14.6 Å². The van der Waals surface area contributed by atoms with Crippen LogP contribution in [0.2, 0.25) is 5.02 Å². The zero-order chi connectivity index (χ0) is 21.0. The number of thiophene rings is 1. The van der Waals surface area contributed by atoms with Gasteiger partial charge < -0.3 is 5.32 Å².